The first kappa shape index (κ1) is 17.4. The number of thiophene rings is 1. The molecule has 2 heterocycles. The van der Waals surface area contributed by atoms with Gasteiger partial charge in [0.2, 0.25) is 0 Å². The van der Waals surface area contributed by atoms with Crippen molar-refractivity contribution in [3.8, 4) is 11.1 Å². The van der Waals surface area contributed by atoms with Crippen LogP contribution in [0.25, 0.3) is 21.3 Å². The maximum absolute atomic E-state index is 13.1. The molecular weight excluding hydrogens is 336 g/mol. The van der Waals surface area contributed by atoms with Gasteiger partial charge in [-0.2, -0.15) is 0 Å². The fraction of sp³-hybridized carbons (Fsp3) is 0.316. The minimum atomic E-state index is -0.922. The number of fused-ring (bicyclic) bond motifs is 1. The molecule has 0 aliphatic carbocycles. The van der Waals surface area contributed by atoms with Crippen molar-refractivity contribution >= 4 is 27.5 Å². The normalized spacial score (nSPS) is 11.2. The molecule has 0 amide bonds. The van der Waals surface area contributed by atoms with Crippen LogP contribution in [0.3, 0.4) is 0 Å². The largest absolute Gasteiger partial charge is 0.481 e. The van der Waals surface area contributed by atoms with Crippen molar-refractivity contribution < 1.29 is 9.90 Å². The Balaban J connectivity index is 2.24. The van der Waals surface area contributed by atoms with Crippen LogP contribution in [0.2, 0.25) is 0 Å². The third kappa shape index (κ3) is 3.22. The highest BCUT2D eigenvalue weighted by atomic mass is 32.1. The first-order valence-corrected chi connectivity index (χ1v) is 9.10. The minimum Gasteiger partial charge on any atom is -0.481 e. The fourth-order valence-electron chi connectivity index (χ4n) is 3.09. The van der Waals surface area contributed by atoms with Crippen molar-refractivity contribution in [3.05, 3.63) is 50.9 Å². The molecule has 25 heavy (non-hydrogen) atoms. The average Bonchev–Trinajstić information content (AvgIpc) is 2.97. The van der Waals surface area contributed by atoms with Crippen molar-refractivity contribution in [2.24, 2.45) is 0 Å². The maximum atomic E-state index is 13.1. The van der Waals surface area contributed by atoms with E-state index in [4.69, 9.17) is 5.11 Å². The summed E-state index contributed by atoms with van der Waals surface area (Å²) in [6.07, 6.45) is 0.491. The number of aliphatic carboxylic acids is 1. The third-order valence-electron chi connectivity index (χ3n) is 4.31. The molecule has 6 heteroatoms. The summed E-state index contributed by atoms with van der Waals surface area (Å²) in [6, 6.07) is 6.15. The molecule has 0 saturated carbocycles. The zero-order valence-corrected chi connectivity index (χ0v) is 15.3. The molecule has 0 radical (unpaired) electrons. The number of hydrogen-bond acceptors (Lipinski definition) is 4. The van der Waals surface area contributed by atoms with E-state index < -0.39 is 5.97 Å². The molecule has 130 valence electrons. The number of aryl methyl sites for hydroxylation is 3. The first-order valence-electron chi connectivity index (χ1n) is 8.22. The van der Waals surface area contributed by atoms with Gasteiger partial charge in [0.25, 0.3) is 5.56 Å². The molecule has 0 unspecified atom stereocenters. The van der Waals surface area contributed by atoms with E-state index >= 15 is 0 Å². The lowest BCUT2D eigenvalue weighted by atomic mass is 9.99. The zero-order valence-electron chi connectivity index (χ0n) is 14.5. The molecule has 3 rings (SSSR count). The second-order valence-corrected chi connectivity index (χ2v) is 6.99. The van der Waals surface area contributed by atoms with Gasteiger partial charge in [-0.1, -0.05) is 30.7 Å². The molecule has 0 fully saturated rings. The van der Waals surface area contributed by atoms with E-state index in [-0.39, 0.29) is 18.5 Å². The molecule has 2 aromatic heterocycles. The van der Waals surface area contributed by atoms with Gasteiger partial charge in [0, 0.05) is 23.9 Å². The summed E-state index contributed by atoms with van der Waals surface area (Å²) in [6.45, 7) is 6.13. The second-order valence-electron chi connectivity index (χ2n) is 6.13. The predicted molar refractivity (Wildman–Crippen MR) is 100 cm³/mol. The van der Waals surface area contributed by atoms with Gasteiger partial charge in [-0.3, -0.25) is 14.2 Å². The van der Waals surface area contributed by atoms with Crippen molar-refractivity contribution in [1.29, 1.82) is 0 Å². The van der Waals surface area contributed by atoms with Gasteiger partial charge < -0.3 is 5.11 Å². The third-order valence-corrected chi connectivity index (χ3v) is 5.18. The summed E-state index contributed by atoms with van der Waals surface area (Å²) in [4.78, 5) is 29.3. The molecule has 1 aromatic carbocycles. The molecule has 0 aliphatic rings. The van der Waals surface area contributed by atoms with Crippen LogP contribution in [-0.2, 0) is 17.8 Å². The summed E-state index contributed by atoms with van der Waals surface area (Å²) < 4.78 is 1.51. The van der Waals surface area contributed by atoms with Crippen LogP contribution >= 0.6 is 11.3 Å². The Kier molecular flexibility index (Phi) is 4.72. The molecule has 5 nitrogen and oxygen atoms in total. The van der Waals surface area contributed by atoms with Crippen LogP contribution in [-0.4, -0.2) is 20.6 Å². The molecule has 0 spiro atoms. The smallest absolute Gasteiger partial charge is 0.305 e. The summed E-state index contributed by atoms with van der Waals surface area (Å²) in [5, 5.41) is 11.5. The van der Waals surface area contributed by atoms with Crippen molar-refractivity contribution in [2.45, 2.75) is 40.2 Å². The Morgan fingerprint density at radius 1 is 1.28 bits per heavy atom. The summed E-state index contributed by atoms with van der Waals surface area (Å²) >= 11 is 1.46. The van der Waals surface area contributed by atoms with E-state index in [1.165, 1.54) is 21.5 Å². The monoisotopic (exact) mass is 356 g/mol. The van der Waals surface area contributed by atoms with Crippen LogP contribution in [0.1, 0.15) is 30.3 Å². The number of benzene rings is 1. The lowest BCUT2D eigenvalue weighted by Gasteiger charge is -2.11. The number of carboxylic acid groups (broad SMARTS) is 1. The number of rotatable bonds is 5. The highest BCUT2D eigenvalue weighted by molar-refractivity contribution is 7.17. The van der Waals surface area contributed by atoms with Crippen LogP contribution in [0, 0.1) is 13.8 Å². The van der Waals surface area contributed by atoms with Gasteiger partial charge in [0.15, 0.2) is 0 Å². The highest BCUT2D eigenvalue weighted by Crippen LogP contribution is 2.33. The predicted octanol–water partition coefficient (Wildman–Crippen LogP) is 3.78. The van der Waals surface area contributed by atoms with Gasteiger partial charge >= 0.3 is 5.97 Å². The van der Waals surface area contributed by atoms with E-state index in [0.717, 1.165) is 16.7 Å². The Bertz CT molecular complexity index is 1020. The minimum absolute atomic E-state index is 0.0941. The standard InChI is InChI=1S/C19H20N2O3S/c1-4-15-20-18-17(19(24)21(15)8-7-16(22)23)14(10-25-18)13-6-5-11(2)9-12(13)3/h5-6,9-10H,4,7-8H2,1-3H3,(H,22,23). The SMILES string of the molecule is CCc1nc2scc(-c3ccc(C)cc3C)c2c(=O)n1CCC(=O)O. The summed E-state index contributed by atoms with van der Waals surface area (Å²) in [5.41, 5.74) is 4.02. The lowest BCUT2D eigenvalue weighted by Crippen LogP contribution is -2.26. The topological polar surface area (TPSA) is 72.2 Å². The number of nitrogens with zero attached hydrogens (tertiary/aromatic N) is 2. The Labute approximate surface area is 149 Å². The van der Waals surface area contributed by atoms with Gasteiger partial charge in [-0.15, -0.1) is 11.3 Å². The van der Waals surface area contributed by atoms with Crippen molar-refractivity contribution in [2.75, 3.05) is 0 Å². The number of carbonyl (C=O) groups is 1. The molecule has 3 aromatic rings. The lowest BCUT2D eigenvalue weighted by molar-refractivity contribution is -0.137. The maximum Gasteiger partial charge on any atom is 0.305 e. The van der Waals surface area contributed by atoms with Gasteiger partial charge in [0.1, 0.15) is 10.7 Å². The van der Waals surface area contributed by atoms with E-state index in [1.54, 1.807) is 0 Å². The van der Waals surface area contributed by atoms with Crippen LogP contribution in [0.15, 0.2) is 28.4 Å². The van der Waals surface area contributed by atoms with E-state index in [0.29, 0.717) is 22.5 Å². The molecule has 0 bridgehead atoms. The second kappa shape index (κ2) is 6.80. The van der Waals surface area contributed by atoms with Crippen molar-refractivity contribution in [3.63, 3.8) is 0 Å². The quantitative estimate of drug-likeness (QED) is 0.755. The van der Waals surface area contributed by atoms with Gasteiger partial charge in [0.05, 0.1) is 11.8 Å². The average molecular weight is 356 g/mol. The van der Waals surface area contributed by atoms with Crippen LogP contribution < -0.4 is 5.56 Å². The molecule has 0 atom stereocenters. The summed E-state index contributed by atoms with van der Waals surface area (Å²) in [5.74, 6) is -0.290. The highest BCUT2D eigenvalue weighted by Gasteiger charge is 2.17. The molecule has 0 saturated heterocycles. The number of hydrogen-bond donors (Lipinski definition) is 1. The molecular formula is C19H20N2O3S. The van der Waals surface area contributed by atoms with E-state index in [1.807, 2.05) is 38.3 Å². The first-order chi connectivity index (χ1) is 11.9. The molecule has 1 N–H and O–H groups in total. The molecule has 0 aliphatic heterocycles. The van der Waals surface area contributed by atoms with Crippen LogP contribution in [0.4, 0.5) is 0 Å². The van der Waals surface area contributed by atoms with Gasteiger partial charge in [-0.05, 0) is 25.0 Å². The number of aromatic nitrogens is 2. The fourth-order valence-corrected chi connectivity index (χ4v) is 4.04. The Morgan fingerprint density at radius 2 is 2.04 bits per heavy atom. The van der Waals surface area contributed by atoms with Crippen molar-refractivity contribution in [1.82, 2.24) is 9.55 Å². The summed E-state index contributed by atoms with van der Waals surface area (Å²) in [7, 11) is 0. The van der Waals surface area contributed by atoms with Crippen LogP contribution in [0.5, 0.6) is 0 Å². The zero-order chi connectivity index (χ0) is 18.1. The number of carboxylic acids is 1. The Morgan fingerprint density at radius 3 is 2.68 bits per heavy atom. The Hall–Kier alpha value is -2.47. The van der Waals surface area contributed by atoms with Gasteiger partial charge in [-0.25, -0.2) is 4.98 Å². The van der Waals surface area contributed by atoms with E-state index in [9.17, 15) is 9.59 Å². The van der Waals surface area contributed by atoms with E-state index in [2.05, 4.69) is 11.1 Å².